The monoisotopic (exact) mass is 352 g/mol. The molecule has 0 amide bonds. The van der Waals surface area contributed by atoms with Gasteiger partial charge in [0.15, 0.2) is 5.82 Å². The van der Waals surface area contributed by atoms with E-state index in [-0.39, 0.29) is 11.6 Å². The van der Waals surface area contributed by atoms with E-state index in [1.165, 1.54) is 0 Å². The van der Waals surface area contributed by atoms with Gasteiger partial charge in [-0.25, -0.2) is 4.68 Å². The van der Waals surface area contributed by atoms with Gasteiger partial charge in [0.25, 0.3) is 5.56 Å². The molecular formula is C18H20N6O2. The van der Waals surface area contributed by atoms with Crippen LogP contribution in [0.25, 0.3) is 11.3 Å². The molecule has 1 unspecified atom stereocenters. The highest BCUT2D eigenvalue weighted by Crippen LogP contribution is 2.21. The molecule has 26 heavy (non-hydrogen) atoms. The van der Waals surface area contributed by atoms with Gasteiger partial charge in [0.1, 0.15) is 0 Å². The molecule has 3 aromatic rings. The minimum Gasteiger partial charge on any atom is -0.340 e. The summed E-state index contributed by atoms with van der Waals surface area (Å²) in [6.45, 7) is 3.92. The van der Waals surface area contributed by atoms with E-state index in [2.05, 4.69) is 25.1 Å². The quantitative estimate of drug-likeness (QED) is 0.690. The molecule has 1 aliphatic rings. The Hall–Kier alpha value is -2.87. The van der Waals surface area contributed by atoms with Crippen molar-refractivity contribution >= 4 is 0 Å². The molecule has 8 heteroatoms. The first-order valence-electron chi connectivity index (χ1n) is 8.71. The molecule has 0 radical (unpaired) electrons. The van der Waals surface area contributed by atoms with Crippen LogP contribution in [0, 0.1) is 6.92 Å². The minimum absolute atomic E-state index is 0.0925. The molecule has 0 aromatic carbocycles. The molecule has 0 aliphatic carbocycles. The standard InChI is InChI=1S/C18H20N6O2/c1-13-20-17(22-26-13)12-23-10-2-3-15(23)11-24-18(25)5-4-16(21-24)14-6-8-19-9-7-14/h4-9,15H,2-3,10-12H2,1H3. The minimum atomic E-state index is -0.0925. The highest BCUT2D eigenvalue weighted by atomic mass is 16.5. The maximum absolute atomic E-state index is 12.3. The molecular weight excluding hydrogens is 332 g/mol. The highest BCUT2D eigenvalue weighted by molar-refractivity contribution is 5.56. The summed E-state index contributed by atoms with van der Waals surface area (Å²) in [7, 11) is 0. The molecule has 0 saturated carbocycles. The van der Waals surface area contributed by atoms with Crippen LogP contribution in [-0.4, -0.2) is 42.4 Å². The van der Waals surface area contributed by atoms with E-state index in [1.807, 2.05) is 12.1 Å². The van der Waals surface area contributed by atoms with E-state index in [9.17, 15) is 4.79 Å². The van der Waals surface area contributed by atoms with Gasteiger partial charge in [0.05, 0.1) is 18.8 Å². The number of aryl methyl sites for hydroxylation is 1. The van der Waals surface area contributed by atoms with Gasteiger partial charge in [-0.1, -0.05) is 5.16 Å². The van der Waals surface area contributed by atoms with Crippen LogP contribution in [0.4, 0.5) is 0 Å². The predicted molar refractivity (Wildman–Crippen MR) is 94.2 cm³/mol. The second-order valence-electron chi connectivity index (χ2n) is 6.47. The lowest BCUT2D eigenvalue weighted by atomic mass is 10.2. The first-order valence-corrected chi connectivity index (χ1v) is 8.71. The molecule has 1 atom stereocenters. The number of hydrogen-bond acceptors (Lipinski definition) is 7. The van der Waals surface area contributed by atoms with Crippen molar-refractivity contribution in [1.29, 1.82) is 0 Å². The van der Waals surface area contributed by atoms with E-state index in [0.717, 1.165) is 30.6 Å². The second kappa shape index (κ2) is 7.17. The molecule has 4 rings (SSSR count). The lowest BCUT2D eigenvalue weighted by Crippen LogP contribution is -2.36. The van der Waals surface area contributed by atoms with Crippen LogP contribution >= 0.6 is 0 Å². The van der Waals surface area contributed by atoms with Gasteiger partial charge >= 0.3 is 0 Å². The average molecular weight is 352 g/mol. The normalized spacial score (nSPS) is 17.7. The number of nitrogens with zero attached hydrogens (tertiary/aromatic N) is 6. The van der Waals surface area contributed by atoms with Crippen molar-refractivity contribution in [3.63, 3.8) is 0 Å². The van der Waals surface area contributed by atoms with E-state index < -0.39 is 0 Å². The van der Waals surface area contributed by atoms with Crippen LogP contribution < -0.4 is 5.56 Å². The fraction of sp³-hybridized carbons (Fsp3) is 0.389. The summed E-state index contributed by atoms with van der Waals surface area (Å²) in [5, 5.41) is 8.53. The third kappa shape index (κ3) is 3.55. The Kier molecular flexibility index (Phi) is 4.57. The Labute approximate surface area is 150 Å². The molecule has 0 bridgehead atoms. The number of pyridine rings is 1. The van der Waals surface area contributed by atoms with Gasteiger partial charge < -0.3 is 4.52 Å². The van der Waals surface area contributed by atoms with Gasteiger partial charge in [-0.2, -0.15) is 10.1 Å². The van der Waals surface area contributed by atoms with Gasteiger partial charge in [0.2, 0.25) is 5.89 Å². The number of aromatic nitrogens is 5. The summed E-state index contributed by atoms with van der Waals surface area (Å²) in [5.41, 5.74) is 1.62. The Morgan fingerprint density at radius 3 is 2.85 bits per heavy atom. The molecule has 0 N–H and O–H groups in total. The zero-order valence-electron chi connectivity index (χ0n) is 14.6. The van der Waals surface area contributed by atoms with Crippen molar-refractivity contribution in [2.45, 2.75) is 38.9 Å². The molecule has 1 aliphatic heterocycles. The molecule has 3 aromatic heterocycles. The van der Waals surface area contributed by atoms with Crippen molar-refractivity contribution < 1.29 is 4.52 Å². The van der Waals surface area contributed by atoms with Crippen molar-refractivity contribution in [1.82, 2.24) is 29.8 Å². The van der Waals surface area contributed by atoms with Crippen LogP contribution in [0.15, 0.2) is 46.0 Å². The van der Waals surface area contributed by atoms with E-state index in [0.29, 0.717) is 24.8 Å². The second-order valence-corrected chi connectivity index (χ2v) is 6.47. The van der Waals surface area contributed by atoms with Crippen LogP contribution in [0.5, 0.6) is 0 Å². The predicted octanol–water partition coefficient (Wildman–Crippen LogP) is 1.66. The van der Waals surface area contributed by atoms with Crippen molar-refractivity contribution in [3.05, 3.63) is 58.7 Å². The molecule has 134 valence electrons. The third-order valence-electron chi connectivity index (χ3n) is 4.64. The summed E-state index contributed by atoms with van der Waals surface area (Å²) in [4.78, 5) is 22.9. The van der Waals surface area contributed by atoms with Crippen molar-refractivity contribution in [2.75, 3.05) is 6.54 Å². The Balaban J connectivity index is 1.53. The smallest absolute Gasteiger partial charge is 0.266 e. The maximum Gasteiger partial charge on any atom is 0.266 e. The maximum atomic E-state index is 12.3. The van der Waals surface area contributed by atoms with Crippen LogP contribution in [-0.2, 0) is 13.1 Å². The first kappa shape index (κ1) is 16.6. The van der Waals surface area contributed by atoms with Gasteiger partial charge in [-0.05, 0) is 37.6 Å². The largest absolute Gasteiger partial charge is 0.340 e. The van der Waals surface area contributed by atoms with Gasteiger partial charge in [-0.3, -0.25) is 14.7 Å². The summed E-state index contributed by atoms with van der Waals surface area (Å²) in [5.74, 6) is 1.25. The highest BCUT2D eigenvalue weighted by Gasteiger charge is 2.27. The lowest BCUT2D eigenvalue weighted by Gasteiger charge is -2.23. The summed E-state index contributed by atoms with van der Waals surface area (Å²) >= 11 is 0. The summed E-state index contributed by atoms with van der Waals surface area (Å²) in [6, 6.07) is 7.33. The van der Waals surface area contributed by atoms with E-state index in [1.54, 1.807) is 36.1 Å². The molecule has 4 heterocycles. The first-order chi connectivity index (χ1) is 12.7. The third-order valence-corrected chi connectivity index (χ3v) is 4.64. The Morgan fingerprint density at radius 2 is 2.08 bits per heavy atom. The molecule has 1 saturated heterocycles. The van der Waals surface area contributed by atoms with Crippen LogP contribution in [0.3, 0.4) is 0 Å². The van der Waals surface area contributed by atoms with Crippen molar-refractivity contribution in [2.24, 2.45) is 0 Å². The summed E-state index contributed by atoms with van der Waals surface area (Å²) < 4.78 is 6.61. The zero-order chi connectivity index (χ0) is 17.9. The number of likely N-dealkylation sites (tertiary alicyclic amines) is 1. The number of rotatable bonds is 5. The fourth-order valence-electron chi connectivity index (χ4n) is 3.35. The fourth-order valence-corrected chi connectivity index (χ4v) is 3.35. The van der Waals surface area contributed by atoms with Gasteiger partial charge in [-0.15, -0.1) is 0 Å². The topological polar surface area (TPSA) is 89.9 Å². The SMILES string of the molecule is Cc1nc(CN2CCCC2Cn2nc(-c3ccncc3)ccc2=O)no1. The summed E-state index contributed by atoms with van der Waals surface area (Å²) in [6.07, 6.45) is 5.54. The Morgan fingerprint density at radius 1 is 1.23 bits per heavy atom. The van der Waals surface area contributed by atoms with Gasteiger partial charge in [0, 0.05) is 37.0 Å². The van der Waals surface area contributed by atoms with E-state index in [4.69, 9.17) is 4.52 Å². The molecule has 1 fully saturated rings. The molecule has 0 spiro atoms. The average Bonchev–Trinajstić information content (AvgIpc) is 3.27. The van der Waals surface area contributed by atoms with E-state index >= 15 is 0 Å². The van der Waals surface area contributed by atoms with Crippen LogP contribution in [0.1, 0.15) is 24.6 Å². The molecule has 8 nitrogen and oxygen atoms in total. The Bertz CT molecular complexity index is 936. The zero-order valence-corrected chi connectivity index (χ0v) is 14.6. The van der Waals surface area contributed by atoms with Crippen LogP contribution in [0.2, 0.25) is 0 Å². The number of hydrogen-bond donors (Lipinski definition) is 0. The lowest BCUT2D eigenvalue weighted by molar-refractivity contribution is 0.209. The van der Waals surface area contributed by atoms with Crippen molar-refractivity contribution in [3.8, 4) is 11.3 Å².